The molecule has 0 heterocycles. The minimum absolute atomic E-state index is 0.701. The first-order chi connectivity index (χ1) is 7.70. The van der Waals surface area contributed by atoms with Crippen molar-refractivity contribution in [3.8, 4) is 0 Å². The Morgan fingerprint density at radius 2 is 1.31 bits per heavy atom. The average molecular weight is 421 g/mol. The smallest absolute Gasteiger partial charge is 0.0153 e. The van der Waals surface area contributed by atoms with E-state index in [4.69, 9.17) is 0 Å². The van der Waals surface area contributed by atoms with Crippen molar-refractivity contribution in [1.82, 2.24) is 0 Å². The fourth-order valence-electron chi connectivity index (χ4n) is 1.76. The molecule has 98 valence electrons. The van der Waals surface area contributed by atoms with Gasteiger partial charge in [-0.25, -0.2) is 0 Å². The molecule has 0 fully saturated rings. The Morgan fingerprint density at radius 1 is 0.750 bits per heavy atom. The van der Waals surface area contributed by atoms with Crippen LogP contribution in [0.5, 0.6) is 0 Å². The SMILES string of the molecule is CCCCCCC(Br)CCCC(Br)CCBr. The van der Waals surface area contributed by atoms with E-state index < -0.39 is 0 Å². The van der Waals surface area contributed by atoms with Crippen molar-refractivity contribution >= 4 is 47.8 Å². The zero-order valence-corrected chi connectivity index (χ0v) is 15.1. The summed E-state index contributed by atoms with van der Waals surface area (Å²) in [5.41, 5.74) is 0. The first kappa shape index (κ1) is 17.4. The van der Waals surface area contributed by atoms with Gasteiger partial charge in [0, 0.05) is 15.0 Å². The summed E-state index contributed by atoms with van der Waals surface area (Å²) in [6, 6.07) is 0. The first-order valence-corrected chi connectivity index (χ1v) is 9.50. The summed E-state index contributed by atoms with van der Waals surface area (Å²) in [4.78, 5) is 1.44. The predicted molar refractivity (Wildman–Crippen MR) is 86.5 cm³/mol. The van der Waals surface area contributed by atoms with E-state index in [2.05, 4.69) is 54.7 Å². The monoisotopic (exact) mass is 418 g/mol. The van der Waals surface area contributed by atoms with E-state index in [0.717, 1.165) is 10.2 Å². The van der Waals surface area contributed by atoms with Crippen LogP contribution >= 0.6 is 47.8 Å². The maximum atomic E-state index is 3.79. The van der Waals surface area contributed by atoms with Gasteiger partial charge in [-0.05, 0) is 25.7 Å². The lowest BCUT2D eigenvalue weighted by Gasteiger charge is -2.11. The number of alkyl halides is 3. The highest BCUT2D eigenvalue weighted by Gasteiger charge is 2.07. The molecule has 0 aliphatic carbocycles. The summed E-state index contributed by atoms with van der Waals surface area (Å²) in [7, 11) is 0. The molecule has 0 saturated carbocycles. The highest BCUT2D eigenvalue weighted by molar-refractivity contribution is 9.10. The second kappa shape index (κ2) is 12.9. The Labute approximate surface area is 127 Å². The van der Waals surface area contributed by atoms with Crippen LogP contribution in [-0.2, 0) is 0 Å². The van der Waals surface area contributed by atoms with Crippen LogP contribution < -0.4 is 0 Å². The largest absolute Gasteiger partial charge is 0.0928 e. The third-order valence-electron chi connectivity index (χ3n) is 2.83. The lowest BCUT2D eigenvalue weighted by Crippen LogP contribution is -2.02. The molecule has 0 amide bonds. The van der Waals surface area contributed by atoms with Gasteiger partial charge in [0.05, 0.1) is 0 Å². The van der Waals surface area contributed by atoms with Crippen molar-refractivity contribution in [2.45, 2.75) is 74.4 Å². The predicted octanol–water partition coefficient (Wildman–Crippen LogP) is 6.44. The fourth-order valence-corrected chi connectivity index (χ4v) is 4.13. The molecule has 0 rings (SSSR count). The molecule has 16 heavy (non-hydrogen) atoms. The Kier molecular flexibility index (Phi) is 14.0. The maximum Gasteiger partial charge on any atom is 0.0153 e. The van der Waals surface area contributed by atoms with Gasteiger partial charge in [-0.2, -0.15) is 0 Å². The van der Waals surface area contributed by atoms with E-state index in [1.807, 2.05) is 0 Å². The van der Waals surface area contributed by atoms with Crippen molar-refractivity contribution in [3.05, 3.63) is 0 Å². The van der Waals surface area contributed by atoms with Crippen molar-refractivity contribution in [1.29, 1.82) is 0 Å². The molecule has 0 nitrogen and oxygen atoms in total. The number of hydrogen-bond donors (Lipinski definition) is 0. The molecule has 0 aromatic rings. The van der Waals surface area contributed by atoms with Gasteiger partial charge in [0.2, 0.25) is 0 Å². The van der Waals surface area contributed by atoms with Crippen molar-refractivity contribution in [3.63, 3.8) is 0 Å². The van der Waals surface area contributed by atoms with Gasteiger partial charge in [0.1, 0.15) is 0 Å². The molecule has 0 saturated heterocycles. The van der Waals surface area contributed by atoms with Crippen LogP contribution in [0.4, 0.5) is 0 Å². The van der Waals surface area contributed by atoms with Gasteiger partial charge >= 0.3 is 0 Å². The number of unbranched alkanes of at least 4 members (excludes halogenated alkanes) is 3. The minimum atomic E-state index is 0.701. The molecule has 0 spiro atoms. The zero-order valence-electron chi connectivity index (χ0n) is 10.4. The standard InChI is InChI=1S/C13H25Br3/c1-2-3-4-5-7-12(15)8-6-9-13(16)10-11-14/h12-13H,2-11H2,1H3. The summed E-state index contributed by atoms with van der Waals surface area (Å²) in [5.74, 6) is 0. The van der Waals surface area contributed by atoms with E-state index in [9.17, 15) is 0 Å². The summed E-state index contributed by atoms with van der Waals surface area (Å²) in [5, 5.41) is 1.11. The molecule has 0 radical (unpaired) electrons. The topological polar surface area (TPSA) is 0 Å². The van der Waals surface area contributed by atoms with Crippen molar-refractivity contribution < 1.29 is 0 Å². The fraction of sp³-hybridized carbons (Fsp3) is 1.00. The Hall–Kier alpha value is 1.44. The Balaban J connectivity index is 3.26. The summed E-state index contributed by atoms with van der Waals surface area (Å²) in [6.45, 7) is 2.27. The summed E-state index contributed by atoms with van der Waals surface area (Å²) >= 11 is 11.0. The van der Waals surface area contributed by atoms with Crippen LogP contribution in [0.3, 0.4) is 0 Å². The number of hydrogen-bond acceptors (Lipinski definition) is 0. The van der Waals surface area contributed by atoms with Gasteiger partial charge in [-0.1, -0.05) is 86.8 Å². The Bertz CT molecular complexity index is 139. The van der Waals surface area contributed by atoms with E-state index in [1.165, 1.54) is 57.8 Å². The average Bonchev–Trinajstić information content (AvgIpc) is 2.25. The van der Waals surface area contributed by atoms with Crippen LogP contribution in [0.25, 0.3) is 0 Å². The van der Waals surface area contributed by atoms with Gasteiger partial charge in [0.25, 0.3) is 0 Å². The van der Waals surface area contributed by atoms with Crippen LogP contribution in [0.2, 0.25) is 0 Å². The molecular formula is C13H25Br3. The normalized spacial score (nSPS) is 15.0. The number of halogens is 3. The van der Waals surface area contributed by atoms with Gasteiger partial charge in [0.15, 0.2) is 0 Å². The molecule has 0 aliphatic heterocycles. The quantitative estimate of drug-likeness (QED) is 0.266. The first-order valence-electron chi connectivity index (χ1n) is 6.54. The highest BCUT2D eigenvalue weighted by atomic mass is 79.9. The second-order valence-electron chi connectivity index (χ2n) is 4.45. The molecule has 0 aliphatic rings. The Morgan fingerprint density at radius 3 is 1.88 bits per heavy atom. The third-order valence-corrected chi connectivity index (χ3v) is 5.12. The second-order valence-corrected chi connectivity index (χ2v) is 7.84. The lowest BCUT2D eigenvalue weighted by molar-refractivity contribution is 0.575. The lowest BCUT2D eigenvalue weighted by atomic mass is 10.1. The zero-order chi connectivity index (χ0) is 12.2. The minimum Gasteiger partial charge on any atom is -0.0928 e. The molecule has 3 heteroatoms. The molecule has 0 N–H and O–H groups in total. The third kappa shape index (κ3) is 11.9. The molecular weight excluding hydrogens is 396 g/mol. The molecule has 0 aromatic heterocycles. The van der Waals surface area contributed by atoms with E-state index in [-0.39, 0.29) is 0 Å². The molecule has 0 aromatic carbocycles. The highest BCUT2D eigenvalue weighted by Crippen LogP contribution is 2.21. The van der Waals surface area contributed by atoms with E-state index >= 15 is 0 Å². The summed E-state index contributed by atoms with van der Waals surface area (Å²) < 4.78 is 0. The van der Waals surface area contributed by atoms with Crippen LogP contribution in [0.15, 0.2) is 0 Å². The maximum absolute atomic E-state index is 3.79. The molecule has 0 bridgehead atoms. The van der Waals surface area contributed by atoms with E-state index in [1.54, 1.807) is 0 Å². The van der Waals surface area contributed by atoms with Crippen molar-refractivity contribution in [2.24, 2.45) is 0 Å². The summed E-state index contributed by atoms with van der Waals surface area (Å²) in [6.07, 6.45) is 12.1. The van der Waals surface area contributed by atoms with Crippen LogP contribution in [0.1, 0.15) is 64.7 Å². The van der Waals surface area contributed by atoms with Gasteiger partial charge in [-0.15, -0.1) is 0 Å². The molecule has 2 atom stereocenters. The van der Waals surface area contributed by atoms with Gasteiger partial charge < -0.3 is 0 Å². The number of rotatable bonds is 11. The van der Waals surface area contributed by atoms with Gasteiger partial charge in [-0.3, -0.25) is 0 Å². The van der Waals surface area contributed by atoms with Crippen molar-refractivity contribution in [2.75, 3.05) is 5.33 Å². The van der Waals surface area contributed by atoms with Crippen LogP contribution in [-0.4, -0.2) is 15.0 Å². The van der Waals surface area contributed by atoms with E-state index in [0.29, 0.717) is 4.83 Å². The molecule has 2 unspecified atom stereocenters. The van der Waals surface area contributed by atoms with Crippen LogP contribution in [0, 0.1) is 0 Å².